The van der Waals surface area contributed by atoms with E-state index in [1.165, 1.54) is 12.1 Å². The van der Waals surface area contributed by atoms with Crippen LogP contribution in [0.2, 0.25) is 0 Å². The van der Waals surface area contributed by atoms with Gasteiger partial charge in [-0.1, -0.05) is 42.5 Å². The second-order valence-corrected chi connectivity index (χ2v) is 4.74. The normalized spacial score (nSPS) is 13.0. The van der Waals surface area contributed by atoms with Crippen molar-refractivity contribution < 1.29 is 18.6 Å². The van der Waals surface area contributed by atoms with Gasteiger partial charge in [0.05, 0.1) is 6.04 Å². The van der Waals surface area contributed by atoms with Gasteiger partial charge in [-0.15, -0.1) is 0 Å². The Morgan fingerprint density at radius 2 is 1.67 bits per heavy atom. The first-order valence-corrected chi connectivity index (χ1v) is 6.54. The molecule has 112 valence electrons. The van der Waals surface area contributed by atoms with Crippen LogP contribution >= 0.6 is 0 Å². The predicted octanol–water partition coefficient (Wildman–Crippen LogP) is 2.89. The van der Waals surface area contributed by atoms with E-state index in [-0.39, 0.29) is 5.56 Å². The number of aliphatic hydroxyl groups is 1. The minimum absolute atomic E-state index is 0.251. The Bertz CT molecular complexity index is 558. The van der Waals surface area contributed by atoms with E-state index in [0.717, 1.165) is 5.56 Å². The molecule has 2 aromatic carbocycles. The summed E-state index contributed by atoms with van der Waals surface area (Å²) >= 11 is 0. The Kier molecular flexibility index (Phi) is 4.88. The van der Waals surface area contributed by atoms with E-state index in [1.54, 1.807) is 12.1 Å². The fourth-order valence-corrected chi connectivity index (χ4v) is 1.85. The van der Waals surface area contributed by atoms with Crippen LogP contribution in [0.1, 0.15) is 17.2 Å². The molecule has 21 heavy (non-hydrogen) atoms. The Balaban J connectivity index is 1.99. The number of hydrogen-bond acceptors (Lipinski definition) is 3. The van der Waals surface area contributed by atoms with Crippen LogP contribution in [0.15, 0.2) is 54.6 Å². The third-order valence-electron chi connectivity index (χ3n) is 3.15. The molecular formula is C16H17F2NO2. The molecule has 2 rings (SSSR count). The number of rotatable bonds is 6. The molecular weight excluding hydrogens is 276 g/mol. The van der Waals surface area contributed by atoms with Crippen molar-refractivity contribution in [3.63, 3.8) is 0 Å². The molecule has 0 aliphatic carbocycles. The highest BCUT2D eigenvalue weighted by Gasteiger charge is 2.37. The molecule has 0 saturated heterocycles. The highest BCUT2D eigenvalue weighted by atomic mass is 19.3. The number of ether oxygens (including phenoxy) is 1. The molecule has 0 bridgehead atoms. The Morgan fingerprint density at radius 1 is 1.05 bits per heavy atom. The minimum atomic E-state index is -3.34. The fourth-order valence-electron chi connectivity index (χ4n) is 1.85. The molecule has 3 nitrogen and oxygen atoms in total. The van der Waals surface area contributed by atoms with Crippen LogP contribution in [0.25, 0.3) is 0 Å². The predicted molar refractivity (Wildman–Crippen MR) is 76.2 cm³/mol. The SMILES string of the molecule is N[C@@H](c1ccc(OCc2ccccc2)cc1)C(F)(F)CO. The minimum Gasteiger partial charge on any atom is -0.489 e. The highest BCUT2D eigenvalue weighted by Crippen LogP contribution is 2.29. The summed E-state index contributed by atoms with van der Waals surface area (Å²) in [4.78, 5) is 0. The maximum atomic E-state index is 13.3. The van der Waals surface area contributed by atoms with Crippen LogP contribution in [0.5, 0.6) is 5.75 Å². The molecule has 0 spiro atoms. The first kappa shape index (κ1) is 15.4. The summed E-state index contributed by atoms with van der Waals surface area (Å²) in [5.41, 5.74) is 6.72. The number of alkyl halides is 2. The second-order valence-electron chi connectivity index (χ2n) is 4.74. The molecule has 0 radical (unpaired) electrons. The monoisotopic (exact) mass is 293 g/mol. The molecule has 0 aliphatic heterocycles. The summed E-state index contributed by atoms with van der Waals surface area (Å²) in [5, 5.41) is 8.64. The van der Waals surface area contributed by atoms with Gasteiger partial charge >= 0.3 is 0 Å². The van der Waals surface area contributed by atoms with E-state index in [2.05, 4.69) is 0 Å². The molecule has 0 amide bonds. The topological polar surface area (TPSA) is 55.5 Å². The standard InChI is InChI=1S/C16H17F2NO2/c17-16(18,11-20)15(19)13-6-8-14(9-7-13)21-10-12-4-2-1-3-5-12/h1-9,15,20H,10-11,19H2/t15-/m0/s1. The van der Waals surface area contributed by atoms with Gasteiger partial charge in [-0.05, 0) is 23.3 Å². The van der Waals surface area contributed by atoms with Gasteiger partial charge in [0.15, 0.2) is 0 Å². The van der Waals surface area contributed by atoms with Gasteiger partial charge in [-0.3, -0.25) is 0 Å². The Morgan fingerprint density at radius 3 is 2.24 bits per heavy atom. The van der Waals surface area contributed by atoms with E-state index in [0.29, 0.717) is 12.4 Å². The van der Waals surface area contributed by atoms with Crippen LogP contribution in [-0.2, 0) is 6.61 Å². The summed E-state index contributed by atoms with van der Waals surface area (Å²) in [6, 6.07) is 14.2. The van der Waals surface area contributed by atoms with Crippen LogP contribution < -0.4 is 10.5 Å². The zero-order valence-corrected chi connectivity index (χ0v) is 11.4. The maximum Gasteiger partial charge on any atom is 0.289 e. The second kappa shape index (κ2) is 6.65. The van der Waals surface area contributed by atoms with Gasteiger partial charge in [0, 0.05) is 0 Å². The van der Waals surface area contributed by atoms with Crippen molar-refractivity contribution >= 4 is 0 Å². The number of hydrogen-bond donors (Lipinski definition) is 2. The lowest BCUT2D eigenvalue weighted by atomic mass is 10.0. The van der Waals surface area contributed by atoms with Crippen LogP contribution in [0, 0.1) is 0 Å². The molecule has 2 aromatic rings. The largest absolute Gasteiger partial charge is 0.489 e. The first-order valence-electron chi connectivity index (χ1n) is 6.54. The van der Waals surface area contributed by atoms with Crippen molar-refractivity contribution in [1.29, 1.82) is 0 Å². The third-order valence-corrected chi connectivity index (χ3v) is 3.15. The van der Waals surface area contributed by atoms with Gasteiger partial charge in [0.25, 0.3) is 5.92 Å². The fraction of sp³-hybridized carbons (Fsp3) is 0.250. The summed E-state index contributed by atoms with van der Waals surface area (Å²) in [5.74, 6) is -2.77. The highest BCUT2D eigenvalue weighted by molar-refractivity contribution is 5.30. The summed E-state index contributed by atoms with van der Waals surface area (Å²) in [6.45, 7) is -0.876. The van der Waals surface area contributed by atoms with Crippen molar-refractivity contribution in [1.82, 2.24) is 0 Å². The van der Waals surface area contributed by atoms with E-state index in [9.17, 15) is 8.78 Å². The van der Waals surface area contributed by atoms with Gasteiger partial charge in [0.1, 0.15) is 19.0 Å². The number of nitrogens with two attached hydrogens (primary N) is 1. The molecule has 0 unspecified atom stereocenters. The molecule has 0 fully saturated rings. The van der Waals surface area contributed by atoms with E-state index in [4.69, 9.17) is 15.6 Å². The Hall–Kier alpha value is -1.98. The smallest absolute Gasteiger partial charge is 0.289 e. The summed E-state index contributed by atoms with van der Waals surface area (Å²) in [7, 11) is 0. The van der Waals surface area contributed by atoms with E-state index < -0.39 is 18.6 Å². The number of benzene rings is 2. The van der Waals surface area contributed by atoms with Gasteiger partial charge in [-0.25, -0.2) is 8.78 Å². The zero-order valence-electron chi connectivity index (χ0n) is 11.4. The van der Waals surface area contributed by atoms with Crippen LogP contribution in [0.4, 0.5) is 8.78 Å². The molecule has 0 heterocycles. The molecule has 0 aliphatic rings. The van der Waals surface area contributed by atoms with Crippen molar-refractivity contribution in [2.45, 2.75) is 18.6 Å². The van der Waals surface area contributed by atoms with Gasteiger partial charge in [-0.2, -0.15) is 0 Å². The van der Waals surface area contributed by atoms with Crippen LogP contribution in [0.3, 0.4) is 0 Å². The van der Waals surface area contributed by atoms with E-state index >= 15 is 0 Å². The van der Waals surface area contributed by atoms with Crippen molar-refractivity contribution in [2.24, 2.45) is 5.73 Å². The first-order chi connectivity index (χ1) is 10.0. The van der Waals surface area contributed by atoms with E-state index in [1.807, 2.05) is 30.3 Å². The lowest BCUT2D eigenvalue weighted by Gasteiger charge is -2.21. The number of halogens is 2. The lowest BCUT2D eigenvalue weighted by molar-refractivity contribution is -0.0711. The zero-order chi connectivity index (χ0) is 15.3. The molecule has 1 atom stereocenters. The average molecular weight is 293 g/mol. The van der Waals surface area contributed by atoms with Crippen LogP contribution in [-0.4, -0.2) is 17.6 Å². The maximum absolute atomic E-state index is 13.3. The summed E-state index contributed by atoms with van der Waals surface area (Å²) in [6.07, 6.45) is 0. The molecule has 5 heteroatoms. The molecule has 0 aromatic heterocycles. The Labute approximate surface area is 122 Å². The van der Waals surface area contributed by atoms with Gasteiger partial charge < -0.3 is 15.6 Å². The number of aliphatic hydroxyl groups excluding tert-OH is 1. The lowest BCUT2D eigenvalue weighted by Crippen LogP contribution is -2.36. The third kappa shape index (κ3) is 4.00. The van der Waals surface area contributed by atoms with Crippen molar-refractivity contribution in [2.75, 3.05) is 6.61 Å². The van der Waals surface area contributed by atoms with Gasteiger partial charge in [0.2, 0.25) is 0 Å². The van der Waals surface area contributed by atoms with Crippen molar-refractivity contribution in [3.8, 4) is 5.75 Å². The van der Waals surface area contributed by atoms with Crippen molar-refractivity contribution in [3.05, 3.63) is 65.7 Å². The molecule has 3 N–H and O–H groups in total. The molecule has 0 saturated carbocycles. The average Bonchev–Trinajstić information content (AvgIpc) is 2.53. The summed E-state index contributed by atoms with van der Waals surface area (Å²) < 4.78 is 32.2. The quantitative estimate of drug-likeness (QED) is 0.861.